The number of benzene rings is 1. The second kappa shape index (κ2) is 12.9. The molecule has 170 valence electrons. The molecule has 1 aromatic rings. The van der Waals surface area contributed by atoms with Gasteiger partial charge in [0.2, 0.25) is 11.8 Å². The van der Waals surface area contributed by atoms with E-state index in [-0.39, 0.29) is 12.3 Å². The van der Waals surface area contributed by atoms with Crippen LogP contribution in [0.4, 0.5) is 4.79 Å². The fourth-order valence-corrected chi connectivity index (χ4v) is 3.31. The smallest absolute Gasteiger partial charge is 0.426 e. The third-order valence-corrected chi connectivity index (χ3v) is 5.10. The van der Waals surface area contributed by atoms with Gasteiger partial charge in [-0.2, -0.15) is 0 Å². The largest absolute Gasteiger partial charge is 0.475 e. The standard InChI is InChI=1S/C20H31BN4O6/c1-22-20(28)23-16(14-18(26)25-10-12-31-13-11-25)19(27)24-17(21(29)30)9-5-8-15-6-3-2-4-7-15/h2-4,6-7,16-17,29-30H,5,8-14H2,1H3,(H,24,27)(H2,22,23,28)/t16-,17+/m1/s1. The van der Waals surface area contributed by atoms with Crippen LogP contribution in [0.2, 0.25) is 0 Å². The molecular weight excluding hydrogens is 403 g/mol. The summed E-state index contributed by atoms with van der Waals surface area (Å²) in [5.41, 5.74) is 1.11. The van der Waals surface area contributed by atoms with Crippen LogP contribution in [0.5, 0.6) is 0 Å². The van der Waals surface area contributed by atoms with Crippen LogP contribution in [0.3, 0.4) is 0 Å². The van der Waals surface area contributed by atoms with Gasteiger partial charge in [-0.05, 0) is 24.8 Å². The quantitative estimate of drug-likeness (QED) is 0.301. The Labute approximate surface area is 182 Å². The number of hydrogen-bond acceptors (Lipinski definition) is 6. The highest BCUT2D eigenvalue weighted by Crippen LogP contribution is 2.09. The van der Waals surface area contributed by atoms with Crippen molar-refractivity contribution in [1.29, 1.82) is 0 Å². The minimum absolute atomic E-state index is 0.239. The van der Waals surface area contributed by atoms with Crippen molar-refractivity contribution in [3.8, 4) is 0 Å². The van der Waals surface area contributed by atoms with Crippen molar-refractivity contribution in [1.82, 2.24) is 20.9 Å². The lowest BCUT2D eigenvalue weighted by molar-refractivity contribution is -0.138. The summed E-state index contributed by atoms with van der Waals surface area (Å²) in [6.45, 7) is 1.69. The van der Waals surface area contributed by atoms with Gasteiger partial charge in [-0.3, -0.25) is 9.59 Å². The van der Waals surface area contributed by atoms with Crippen molar-refractivity contribution in [2.45, 2.75) is 37.7 Å². The Bertz CT molecular complexity index is 715. The SMILES string of the molecule is CNC(=O)N[C@H](CC(=O)N1CCOCC1)C(=O)N[C@@H](CCCc1ccccc1)B(O)O. The van der Waals surface area contributed by atoms with Gasteiger partial charge in [0, 0.05) is 20.1 Å². The Morgan fingerprint density at radius 2 is 1.81 bits per heavy atom. The lowest BCUT2D eigenvalue weighted by Gasteiger charge is -2.29. The Morgan fingerprint density at radius 3 is 2.42 bits per heavy atom. The highest BCUT2D eigenvalue weighted by molar-refractivity contribution is 6.43. The first-order chi connectivity index (χ1) is 14.9. The van der Waals surface area contributed by atoms with Crippen molar-refractivity contribution in [2.24, 2.45) is 0 Å². The molecule has 5 N–H and O–H groups in total. The fraction of sp³-hybridized carbons (Fsp3) is 0.550. The molecule has 4 amide bonds. The van der Waals surface area contributed by atoms with E-state index in [2.05, 4.69) is 16.0 Å². The maximum atomic E-state index is 12.8. The number of aryl methyl sites for hydroxylation is 1. The number of carbonyl (C=O) groups is 3. The number of ether oxygens (including phenoxy) is 1. The van der Waals surface area contributed by atoms with Crippen molar-refractivity contribution >= 4 is 25.0 Å². The summed E-state index contributed by atoms with van der Waals surface area (Å²) < 4.78 is 5.22. The van der Waals surface area contributed by atoms with E-state index in [0.29, 0.717) is 39.1 Å². The van der Waals surface area contributed by atoms with E-state index >= 15 is 0 Å². The van der Waals surface area contributed by atoms with Crippen LogP contribution in [-0.4, -0.2) is 85.2 Å². The van der Waals surface area contributed by atoms with Gasteiger partial charge < -0.3 is 35.6 Å². The second-order valence-corrected chi connectivity index (χ2v) is 7.38. The summed E-state index contributed by atoms with van der Waals surface area (Å²) in [6, 6.07) is 7.96. The average Bonchev–Trinajstić information content (AvgIpc) is 2.78. The first-order valence-electron chi connectivity index (χ1n) is 10.4. The molecule has 1 aromatic carbocycles. The number of rotatable bonds is 10. The first kappa shape index (κ1) is 24.6. The number of hydrogen-bond donors (Lipinski definition) is 5. The maximum absolute atomic E-state index is 12.8. The van der Waals surface area contributed by atoms with Crippen molar-refractivity contribution in [3.05, 3.63) is 35.9 Å². The van der Waals surface area contributed by atoms with Gasteiger partial charge in [-0.25, -0.2) is 4.79 Å². The van der Waals surface area contributed by atoms with Crippen LogP contribution >= 0.6 is 0 Å². The monoisotopic (exact) mass is 434 g/mol. The summed E-state index contributed by atoms with van der Waals surface area (Å²) in [7, 11) is -0.367. The molecule has 2 atom stereocenters. The molecule has 0 unspecified atom stereocenters. The molecule has 0 aromatic heterocycles. The number of amides is 4. The molecule has 1 aliphatic rings. The Balaban J connectivity index is 1.95. The van der Waals surface area contributed by atoms with Gasteiger partial charge in [0.1, 0.15) is 6.04 Å². The van der Waals surface area contributed by atoms with E-state index in [4.69, 9.17) is 4.74 Å². The summed E-state index contributed by atoms with van der Waals surface area (Å²) >= 11 is 0. The summed E-state index contributed by atoms with van der Waals surface area (Å²) in [5, 5.41) is 26.8. The Morgan fingerprint density at radius 1 is 1.13 bits per heavy atom. The number of nitrogens with zero attached hydrogens (tertiary/aromatic N) is 1. The maximum Gasteiger partial charge on any atom is 0.475 e. The molecule has 0 bridgehead atoms. The first-order valence-corrected chi connectivity index (χ1v) is 10.4. The van der Waals surface area contributed by atoms with Gasteiger partial charge in [0.15, 0.2) is 0 Å². The number of morpholine rings is 1. The van der Waals surface area contributed by atoms with Crippen molar-refractivity contribution in [2.75, 3.05) is 33.4 Å². The molecule has 1 fully saturated rings. The molecule has 1 saturated heterocycles. The van der Waals surface area contributed by atoms with Crippen LogP contribution in [0.15, 0.2) is 30.3 Å². The Kier molecular flexibility index (Phi) is 10.3. The minimum atomic E-state index is -1.77. The average molecular weight is 434 g/mol. The molecular formula is C20H31BN4O6. The Hall–Kier alpha value is -2.63. The molecule has 11 heteroatoms. The van der Waals surface area contributed by atoms with Gasteiger partial charge in [-0.1, -0.05) is 30.3 Å². The zero-order valence-corrected chi connectivity index (χ0v) is 17.8. The highest BCUT2D eigenvalue weighted by Gasteiger charge is 2.31. The predicted octanol–water partition coefficient (Wildman–Crippen LogP) is -0.947. The normalized spacial score (nSPS) is 15.5. The second-order valence-electron chi connectivity index (χ2n) is 7.38. The molecule has 31 heavy (non-hydrogen) atoms. The number of carbonyl (C=O) groups excluding carboxylic acids is 3. The van der Waals surface area contributed by atoms with Gasteiger partial charge >= 0.3 is 13.1 Å². The van der Waals surface area contributed by atoms with Crippen LogP contribution in [0, 0.1) is 0 Å². The summed E-state index contributed by atoms with van der Waals surface area (Å²) in [4.78, 5) is 38.7. The predicted molar refractivity (Wildman–Crippen MR) is 115 cm³/mol. The third-order valence-electron chi connectivity index (χ3n) is 5.10. The van der Waals surface area contributed by atoms with E-state index in [1.165, 1.54) is 7.05 Å². The number of urea groups is 1. The van der Waals surface area contributed by atoms with Crippen LogP contribution in [-0.2, 0) is 20.7 Å². The van der Waals surface area contributed by atoms with E-state index in [0.717, 1.165) is 12.0 Å². The molecule has 2 rings (SSSR count). The van der Waals surface area contributed by atoms with Crippen molar-refractivity contribution < 1.29 is 29.2 Å². The molecule has 1 aliphatic heterocycles. The fourth-order valence-electron chi connectivity index (χ4n) is 3.31. The van der Waals surface area contributed by atoms with Crippen LogP contribution in [0.1, 0.15) is 24.8 Å². The summed E-state index contributed by atoms with van der Waals surface area (Å²) in [6.07, 6.45) is 1.42. The van der Waals surface area contributed by atoms with Gasteiger partial charge in [-0.15, -0.1) is 0 Å². The van der Waals surface area contributed by atoms with Crippen LogP contribution in [0.25, 0.3) is 0 Å². The zero-order valence-electron chi connectivity index (χ0n) is 17.8. The van der Waals surface area contributed by atoms with E-state index in [1.54, 1.807) is 4.90 Å². The van der Waals surface area contributed by atoms with Crippen LogP contribution < -0.4 is 16.0 Å². The third kappa shape index (κ3) is 8.56. The molecule has 0 aliphatic carbocycles. The van der Waals surface area contributed by atoms with E-state index in [1.807, 2.05) is 30.3 Å². The number of nitrogens with one attached hydrogen (secondary N) is 3. The molecule has 0 spiro atoms. The van der Waals surface area contributed by atoms with Gasteiger partial charge in [0.05, 0.1) is 25.6 Å². The summed E-state index contributed by atoms with van der Waals surface area (Å²) in [5.74, 6) is -1.86. The molecule has 0 saturated carbocycles. The molecule has 1 heterocycles. The van der Waals surface area contributed by atoms with E-state index in [9.17, 15) is 24.4 Å². The lowest BCUT2D eigenvalue weighted by atomic mass is 9.76. The highest BCUT2D eigenvalue weighted by atomic mass is 16.5. The molecule has 0 radical (unpaired) electrons. The minimum Gasteiger partial charge on any atom is -0.426 e. The van der Waals surface area contributed by atoms with Gasteiger partial charge in [0.25, 0.3) is 0 Å². The zero-order chi connectivity index (χ0) is 22.6. The molecule has 10 nitrogen and oxygen atoms in total. The lowest BCUT2D eigenvalue weighted by Crippen LogP contribution is -2.56. The van der Waals surface area contributed by atoms with Crippen molar-refractivity contribution in [3.63, 3.8) is 0 Å². The topological polar surface area (TPSA) is 140 Å². The van der Waals surface area contributed by atoms with E-state index < -0.39 is 31.0 Å².